The molecule has 0 atom stereocenters. The van der Waals surface area contributed by atoms with E-state index in [1.54, 1.807) is 10.8 Å². The third-order valence-electron chi connectivity index (χ3n) is 2.69. The molecular weight excluding hydrogens is 258 g/mol. The molecule has 0 saturated carbocycles. The Hall–Kier alpha value is -1.88. The van der Waals surface area contributed by atoms with Crippen molar-refractivity contribution in [3.63, 3.8) is 0 Å². The maximum absolute atomic E-state index is 12.2. The number of imidazole rings is 1. The number of carbonyl (C=O) groups is 1. The first-order chi connectivity index (χ1) is 9.09. The number of hydrogen-bond donors (Lipinski definition) is 2. The van der Waals surface area contributed by atoms with Crippen LogP contribution in [-0.2, 0) is 0 Å². The predicted octanol–water partition coefficient (Wildman–Crippen LogP) is 2.92. The van der Waals surface area contributed by atoms with Crippen molar-refractivity contribution in [3.05, 3.63) is 47.0 Å². The molecule has 0 bridgehead atoms. The molecule has 5 heteroatoms. The second-order valence-corrected chi connectivity index (χ2v) is 5.14. The van der Waals surface area contributed by atoms with E-state index in [-0.39, 0.29) is 5.91 Å². The number of benzene rings is 1. The van der Waals surface area contributed by atoms with Crippen LogP contribution in [0.3, 0.4) is 0 Å². The topological polar surface area (TPSA) is 49.8 Å². The molecule has 0 aliphatic carbocycles. The number of aromatic amines is 1. The molecule has 1 amide bonds. The Morgan fingerprint density at radius 1 is 1.37 bits per heavy atom. The summed E-state index contributed by atoms with van der Waals surface area (Å²) >= 11 is 5.24. The first-order valence-electron chi connectivity index (χ1n) is 6.23. The fraction of sp³-hybridized carbons (Fsp3) is 0.286. The van der Waals surface area contributed by atoms with Crippen LogP contribution in [0.5, 0.6) is 0 Å². The fourth-order valence-electron chi connectivity index (χ4n) is 1.76. The zero-order valence-electron chi connectivity index (χ0n) is 11.0. The summed E-state index contributed by atoms with van der Waals surface area (Å²) < 4.78 is 2.26. The van der Waals surface area contributed by atoms with Gasteiger partial charge < -0.3 is 10.3 Å². The maximum Gasteiger partial charge on any atom is 0.269 e. The van der Waals surface area contributed by atoms with Crippen LogP contribution in [0, 0.1) is 10.7 Å². The monoisotopic (exact) mass is 275 g/mol. The van der Waals surface area contributed by atoms with E-state index in [1.807, 2.05) is 30.3 Å². The minimum atomic E-state index is -0.120. The van der Waals surface area contributed by atoms with Crippen LogP contribution in [0.25, 0.3) is 5.69 Å². The Kier molecular flexibility index (Phi) is 4.16. The predicted molar refractivity (Wildman–Crippen MR) is 78.1 cm³/mol. The van der Waals surface area contributed by atoms with Crippen LogP contribution in [0.15, 0.2) is 36.5 Å². The lowest BCUT2D eigenvalue weighted by atomic mass is 10.2. The van der Waals surface area contributed by atoms with Gasteiger partial charge in [0.05, 0.1) is 0 Å². The SMILES string of the molecule is CC(C)CNC(=O)c1c[nH]c(=S)n1-c1ccccc1. The Labute approximate surface area is 117 Å². The van der Waals surface area contributed by atoms with E-state index < -0.39 is 0 Å². The molecule has 2 N–H and O–H groups in total. The number of H-pyrrole nitrogens is 1. The first-order valence-corrected chi connectivity index (χ1v) is 6.64. The minimum absolute atomic E-state index is 0.120. The number of carbonyl (C=O) groups excluding carboxylic acids is 1. The van der Waals surface area contributed by atoms with Crippen molar-refractivity contribution in [1.82, 2.24) is 14.9 Å². The smallest absolute Gasteiger partial charge is 0.269 e. The molecule has 4 nitrogen and oxygen atoms in total. The fourth-order valence-corrected chi connectivity index (χ4v) is 2.02. The summed E-state index contributed by atoms with van der Waals surface area (Å²) in [6.45, 7) is 4.76. The average molecular weight is 275 g/mol. The first kappa shape index (κ1) is 13.5. The summed E-state index contributed by atoms with van der Waals surface area (Å²) in [5.41, 5.74) is 1.40. The van der Waals surface area contributed by atoms with Gasteiger partial charge in [-0.1, -0.05) is 32.0 Å². The molecule has 2 rings (SSSR count). The Bertz CT molecular complexity index is 613. The summed E-state index contributed by atoms with van der Waals surface area (Å²) in [5.74, 6) is 0.293. The van der Waals surface area contributed by atoms with Gasteiger partial charge in [0.15, 0.2) is 4.77 Å². The van der Waals surface area contributed by atoms with Gasteiger partial charge in [0.1, 0.15) is 5.69 Å². The summed E-state index contributed by atoms with van der Waals surface area (Å²) in [5, 5.41) is 2.90. The normalized spacial score (nSPS) is 10.7. The molecule has 1 aromatic carbocycles. The maximum atomic E-state index is 12.2. The van der Waals surface area contributed by atoms with Gasteiger partial charge in [-0.15, -0.1) is 0 Å². The Balaban J connectivity index is 2.33. The number of amides is 1. The zero-order chi connectivity index (χ0) is 13.8. The lowest BCUT2D eigenvalue weighted by Gasteiger charge is -2.10. The molecule has 1 aromatic heterocycles. The van der Waals surface area contributed by atoms with Gasteiger partial charge in [0.25, 0.3) is 5.91 Å². The minimum Gasteiger partial charge on any atom is -0.350 e. The van der Waals surface area contributed by atoms with Crippen LogP contribution in [0.2, 0.25) is 0 Å². The number of hydrogen-bond acceptors (Lipinski definition) is 2. The number of nitrogens with one attached hydrogen (secondary N) is 2. The van der Waals surface area contributed by atoms with E-state index in [0.29, 0.717) is 22.9 Å². The van der Waals surface area contributed by atoms with Crippen LogP contribution >= 0.6 is 12.2 Å². The van der Waals surface area contributed by atoms with E-state index in [1.165, 1.54) is 0 Å². The van der Waals surface area contributed by atoms with E-state index in [2.05, 4.69) is 24.1 Å². The summed E-state index contributed by atoms with van der Waals surface area (Å²) in [6.07, 6.45) is 1.64. The molecule has 19 heavy (non-hydrogen) atoms. The van der Waals surface area contributed by atoms with E-state index in [4.69, 9.17) is 12.2 Å². The quantitative estimate of drug-likeness (QED) is 0.843. The highest BCUT2D eigenvalue weighted by molar-refractivity contribution is 7.71. The van der Waals surface area contributed by atoms with Gasteiger partial charge >= 0.3 is 0 Å². The lowest BCUT2D eigenvalue weighted by Crippen LogP contribution is -2.29. The Morgan fingerprint density at radius 3 is 2.68 bits per heavy atom. The van der Waals surface area contributed by atoms with Crippen molar-refractivity contribution in [2.24, 2.45) is 5.92 Å². The van der Waals surface area contributed by atoms with E-state index >= 15 is 0 Å². The zero-order valence-corrected chi connectivity index (χ0v) is 11.8. The van der Waals surface area contributed by atoms with Crippen molar-refractivity contribution < 1.29 is 4.79 Å². The summed E-state index contributed by atoms with van der Waals surface area (Å²) in [7, 11) is 0. The van der Waals surface area contributed by atoms with Crippen molar-refractivity contribution in [2.45, 2.75) is 13.8 Å². The van der Waals surface area contributed by atoms with Crippen molar-refractivity contribution >= 4 is 18.1 Å². The van der Waals surface area contributed by atoms with Crippen molar-refractivity contribution in [2.75, 3.05) is 6.54 Å². The lowest BCUT2D eigenvalue weighted by molar-refractivity contribution is 0.0942. The van der Waals surface area contributed by atoms with Gasteiger partial charge in [0, 0.05) is 18.4 Å². The molecule has 0 unspecified atom stereocenters. The molecule has 100 valence electrons. The highest BCUT2D eigenvalue weighted by Gasteiger charge is 2.13. The molecule has 0 radical (unpaired) electrons. The largest absolute Gasteiger partial charge is 0.350 e. The van der Waals surface area contributed by atoms with Gasteiger partial charge in [-0.25, -0.2) is 0 Å². The molecule has 0 spiro atoms. The second kappa shape index (κ2) is 5.84. The van der Waals surface area contributed by atoms with Gasteiger partial charge in [0.2, 0.25) is 0 Å². The number of rotatable bonds is 4. The van der Waals surface area contributed by atoms with Gasteiger partial charge in [-0.05, 0) is 30.3 Å². The van der Waals surface area contributed by atoms with E-state index in [0.717, 1.165) is 5.69 Å². The average Bonchev–Trinajstić information content (AvgIpc) is 2.79. The standard InChI is InChI=1S/C14H17N3OS/c1-10(2)8-15-13(18)12-9-16-14(19)17(12)11-6-4-3-5-7-11/h3-7,9-10H,8H2,1-2H3,(H,15,18)(H,16,19). The van der Waals surface area contributed by atoms with Crippen LogP contribution < -0.4 is 5.32 Å². The third kappa shape index (κ3) is 3.12. The number of nitrogens with zero attached hydrogens (tertiary/aromatic N) is 1. The second-order valence-electron chi connectivity index (χ2n) is 4.75. The number of para-hydroxylation sites is 1. The van der Waals surface area contributed by atoms with Crippen molar-refractivity contribution in [3.8, 4) is 5.69 Å². The van der Waals surface area contributed by atoms with Crippen molar-refractivity contribution in [1.29, 1.82) is 0 Å². The van der Waals surface area contributed by atoms with Gasteiger partial charge in [-0.3, -0.25) is 9.36 Å². The van der Waals surface area contributed by atoms with E-state index in [9.17, 15) is 4.79 Å². The molecule has 2 aromatic rings. The molecule has 0 fully saturated rings. The van der Waals surface area contributed by atoms with Gasteiger partial charge in [-0.2, -0.15) is 0 Å². The molecule has 0 aliphatic heterocycles. The Morgan fingerprint density at radius 2 is 2.05 bits per heavy atom. The molecular formula is C14H17N3OS. The van der Waals surface area contributed by atoms with Crippen LogP contribution in [0.1, 0.15) is 24.3 Å². The highest BCUT2D eigenvalue weighted by atomic mass is 32.1. The highest BCUT2D eigenvalue weighted by Crippen LogP contribution is 2.12. The van der Waals surface area contributed by atoms with Crippen LogP contribution in [0.4, 0.5) is 0 Å². The number of aromatic nitrogens is 2. The van der Waals surface area contributed by atoms with Crippen LogP contribution in [-0.4, -0.2) is 22.0 Å². The third-order valence-corrected chi connectivity index (χ3v) is 2.99. The molecule has 1 heterocycles. The summed E-state index contributed by atoms with van der Waals surface area (Å²) in [4.78, 5) is 15.1. The summed E-state index contributed by atoms with van der Waals surface area (Å²) in [6, 6.07) is 9.60. The molecule has 0 aliphatic rings. The molecule has 0 saturated heterocycles.